The number of hydrogen-bond donors (Lipinski definition) is 3. The first-order chi connectivity index (χ1) is 22.8. The van der Waals surface area contributed by atoms with Crippen LogP contribution in [0.1, 0.15) is 28.4 Å². The predicted octanol–water partition coefficient (Wildman–Crippen LogP) is 4.62. The van der Waals surface area contributed by atoms with E-state index >= 15 is 0 Å². The number of piperazine rings is 1. The van der Waals surface area contributed by atoms with E-state index in [1.165, 1.54) is 12.1 Å². The van der Waals surface area contributed by atoms with Crippen molar-refractivity contribution in [3.05, 3.63) is 119 Å². The van der Waals surface area contributed by atoms with Crippen molar-refractivity contribution in [3.8, 4) is 5.88 Å². The van der Waals surface area contributed by atoms with Crippen molar-refractivity contribution in [2.75, 3.05) is 51.7 Å². The van der Waals surface area contributed by atoms with E-state index in [0.29, 0.717) is 52.1 Å². The van der Waals surface area contributed by atoms with Crippen LogP contribution < -0.4 is 10.2 Å². The normalized spacial score (nSPS) is 15.0. The summed E-state index contributed by atoms with van der Waals surface area (Å²) in [6.07, 6.45) is 2.30. The van der Waals surface area contributed by atoms with E-state index in [9.17, 15) is 19.1 Å². The van der Waals surface area contributed by atoms with Gasteiger partial charge in [0.05, 0.1) is 40.8 Å². The minimum Gasteiger partial charge on any atom is -0.494 e. The van der Waals surface area contributed by atoms with Crippen LogP contribution in [0, 0.1) is 5.82 Å². The fourth-order valence-corrected chi connectivity index (χ4v) is 5.82. The second-order valence-corrected chi connectivity index (χ2v) is 11.6. The number of nitrogens with zero attached hydrogens (tertiary/aromatic N) is 5. The number of fused-ring (bicyclic) bond motifs is 1. The van der Waals surface area contributed by atoms with Crippen LogP contribution in [0.2, 0.25) is 0 Å². The Kier molecular flexibility index (Phi) is 9.37. The van der Waals surface area contributed by atoms with Crippen LogP contribution in [0.4, 0.5) is 15.8 Å². The summed E-state index contributed by atoms with van der Waals surface area (Å²) < 4.78 is 14.1. The summed E-state index contributed by atoms with van der Waals surface area (Å²) in [4.78, 5) is 43.0. The molecular formula is C36H36FN7O3. The third-order valence-corrected chi connectivity index (χ3v) is 8.50. The Morgan fingerprint density at radius 3 is 2.57 bits per heavy atom. The van der Waals surface area contributed by atoms with E-state index in [-0.39, 0.29) is 11.8 Å². The van der Waals surface area contributed by atoms with Crippen molar-refractivity contribution >= 4 is 40.3 Å². The Labute approximate surface area is 272 Å². The van der Waals surface area contributed by atoms with Gasteiger partial charge >= 0.3 is 0 Å². The highest BCUT2D eigenvalue weighted by Crippen LogP contribution is 2.33. The number of amides is 2. The number of anilines is 1. The number of hydrogen-bond acceptors (Lipinski definition) is 7. The summed E-state index contributed by atoms with van der Waals surface area (Å²) >= 11 is 0. The van der Waals surface area contributed by atoms with Gasteiger partial charge in [0.15, 0.2) is 5.88 Å². The van der Waals surface area contributed by atoms with Gasteiger partial charge < -0.3 is 25.2 Å². The second-order valence-electron chi connectivity index (χ2n) is 11.6. The van der Waals surface area contributed by atoms with Gasteiger partial charge in [-0.3, -0.25) is 19.5 Å². The largest absolute Gasteiger partial charge is 0.494 e. The molecule has 5 aromatic rings. The van der Waals surface area contributed by atoms with Gasteiger partial charge in [-0.15, -0.1) is 0 Å². The minimum absolute atomic E-state index is 0.00523. The number of carbonyl (C=O) groups excluding carboxylic acids is 2. The molecule has 240 valence electrons. The van der Waals surface area contributed by atoms with E-state index in [0.717, 1.165) is 37.4 Å². The molecule has 0 saturated carbocycles. The predicted molar refractivity (Wildman–Crippen MR) is 181 cm³/mol. The third-order valence-electron chi connectivity index (χ3n) is 8.50. The summed E-state index contributed by atoms with van der Waals surface area (Å²) in [5.41, 5.74) is 4.63. The maximum Gasteiger partial charge on any atom is 0.240 e. The van der Waals surface area contributed by atoms with Crippen LogP contribution in [0.5, 0.6) is 5.88 Å². The van der Waals surface area contributed by atoms with E-state index in [2.05, 4.69) is 32.1 Å². The van der Waals surface area contributed by atoms with Crippen LogP contribution in [-0.2, 0) is 9.59 Å². The maximum atomic E-state index is 14.1. The van der Waals surface area contributed by atoms with Gasteiger partial charge in [0.25, 0.3) is 0 Å². The first-order valence-electron chi connectivity index (χ1n) is 15.4. The monoisotopic (exact) mass is 633 g/mol. The molecule has 1 unspecified atom stereocenters. The number of aromatic hydroxyl groups is 1. The zero-order valence-electron chi connectivity index (χ0n) is 26.2. The molecule has 1 fully saturated rings. The molecule has 3 N–H and O–H groups in total. The molecular weight excluding hydrogens is 597 g/mol. The molecule has 3 heterocycles. The molecule has 1 atom stereocenters. The fourth-order valence-electron chi connectivity index (χ4n) is 5.82. The van der Waals surface area contributed by atoms with Gasteiger partial charge in [-0.1, -0.05) is 24.3 Å². The lowest BCUT2D eigenvalue weighted by Crippen LogP contribution is -2.48. The topological polar surface area (TPSA) is 117 Å². The zero-order chi connectivity index (χ0) is 32.9. The molecule has 3 aromatic carbocycles. The van der Waals surface area contributed by atoms with Crippen molar-refractivity contribution in [2.24, 2.45) is 4.99 Å². The van der Waals surface area contributed by atoms with Crippen molar-refractivity contribution in [3.63, 3.8) is 0 Å². The average molecular weight is 634 g/mol. The van der Waals surface area contributed by atoms with Gasteiger partial charge in [0.1, 0.15) is 5.82 Å². The Balaban J connectivity index is 1.37. The molecule has 0 bridgehead atoms. The quantitative estimate of drug-likeness (QED) is 0.153. The number of halogens is 1. The van der Waals surface area contributed by atoms with Gasteiger partial charge in [-0.2, -0.15) is 0 Å². The highest BCUT2D eigenvalue weighted by molar-refractivity contribution is 6.22. The highest BCUT2D eigenvalue weighted by atomic mass is 19.1. The number of H-pyrrole nitrogens is 1. The Morgan fingerprint density at radius 2 is 1.85 bits per heavy atom. The number of pyridine rings is 1. The molecule has 11 heteroatoms. The second kappa shape index (κ2) is 13.9. The molecule has 10 nitrogen and oxygen atoms in total. The number of aromatic nitrogens is 2. The molecule has 2 amide bonds. The van der Waals surface area contributed by atoms with Crippen molar-refractivity contribution in [1.82, 2.24) is 25.1 Å². The standard InChI is InChI=1S/C36H36FN7O3/c1-42-16-18-44(19-17-42)22-32(46)43(2)28-12-10-27(11-13-28)40-35(33-29-14-9-26(37)21-31(29)41-36(33)47)25-7-5-6-24(20-25)34(39-23-45)30-8-3-4-15-38-30/h3-15,20-21,23,34,41,47H,16-19,22H2,1-2H3,(H,39,45). The number of aromatic amines is 1. The van der Waals surface area contributed by atoms with Crippen LogP contribution in [0.15, 0.2) is 96.1 Å². The van der Waals surface area contributed by atoms with E-state index in [1.54, 1.807) is 30.3 Å². The Morgan fingerprint density at radius 1 is 1.06 bits per heavy atom. The zero-order valence-corrected chi connectivity index (χ0v) is 26.2. The number of carbonyl (C=O) groups is 2. The molecule has 0 aliphatic carbocycles. The number of likely N-dealkylation sites (N-methyl/N-ethyl adjacent to an activating group) is 2. The first-order valence-corrected chi connectivity index (χ1v) is 15.4. The summed E-state index contributed by atoms with van der Waals surface area (Å²) in [5.74, 6) is -0.593. The van der Waals surface area contributed by atoms with Gasteiger partial charge in [-0.25, -0.2) is 9.38 Å². The summed E-state index contributed by atoms with van der Waals surface area (Å²) in [7, 11) is 3.85. The molecule has 1 aliphatic heterocycles. The lowest BCUT2D eigenvalue weighted by atomic mass is 9.95. The Bertz CT molecular complexity index is 1900. The molecule has 0 radical (unpaired) electrons. The summed E-state index contributed by atoms with van der Waals surface area (Å²) in [5, 5.41) is 14.6. The smallest absolute Gasteiger partial charge is 0.240 e. The van der Waals surface area contributed by atoms with Crippen LogP contribution in [0.25, 0.3) is 10.9 Å². The first kappa shape index (κ1) is 31.6. The van der Waals surface area contributed by atoms with Crippen LogP contribution >= 0.6 is 0 Å². The van der Waals surface area contributed by atoms with Gasteiger partial charge in [0, 0.05) is 56.1 Å². The fraction of sp³-hybridized carbons (Fsp3) is 0.222. The van der Waals surface area contributed by atoms with Crippen LogP contribution in [0.3, 0.4) is 0 Å². The molecule has 1 saturated heterocycles. The summed E-state index contributed by atoms with van der Waals surface area (Å²) in [6.45, 7) is 3.94. The Hall–Kier alpha value is -5.39. The lowest BCUT2D eigenvalue weighted by molar-refractivity contribution is -0.119. The number of benzene rings is 3. The lowest BCUT2D eigenvalue weighted by Gasteiger charge is -2.32. The highest BCUT2D eigenvalue weighted by Gasteiger charge is 2.23. The average Bonchev–Trinajstić information content (AvgIpc) is 3.41. The molecule has 6 rings (SSSR count). The maximum absolute atomic E-state index is 14.1. The molecule has 47 heavy (non-hydrogen) atoms. The third kappa shape index (κ3) is 7.06. The summed E-state index contributed by atoms with van der Waals surface area (Å²) in [6, 6.07) is 24.0. The van der Waals surface area contributed by atoms with Crippen molar-refractivity contribution in [1.29, 1.82) is 0 Å². The molecule has 0 spiro atoms. The van der Waals surface area contributed by atoms with Crippen molar-refractivity contribution in [2.45, 2.75) is 6.04 Å². The number of nitrogens with one attached hydrogen (secondary N) is 2. The van der Waals surface area contributed by atoms with Gasteiger partial charge in [-0.05, 0) is 73.3 Å². The number of rotatable bonds is 10. The van der Waals surface area contributed by atoms with Crippen molar-refractivity contribution < 1.29 is 19.1 Å². The van der Waals surface area contributed by atoms with E-state index in [4.69, 9.17) is 4.99 Å². The molecule has 2 aromatic heterocycles. The van der Waals surface area contributed by atoms with Crippen LogP contribution in [-0.4, -0.2) is 89.7 Å². The number of aliphatic imine (C=N–C) groups is 1. The van der Waals surface area contributed by atoms with Gasteiger partial charge in [0.2, 0.25) is 12.3 Å². The SMILES string of the molecule is CN1CCN(CC(=O)N(C)c2ccc(N=C(c3cccc(C(NC=O)c4ccccn4)c3)c3c(O)[nH]c4cc(F)ccc34)cc2)CC1. The minimum atomic E-state index is -0.529. The molecule has 1 aliphatic rings. The van der Waals surface area contributed by atoms with E-state index < -0.39 is 11.9 Å². The van der Waals surface area contributed by atoms with E-state index in [1.807, 2.05) is 60.7 Å².